The first-order chi connectivity index (χ1) is 7.26. The van der Waals surface area contributed by atoms with Crippen LogP contribution in [0.2, 0.25) is 0 Å². The van der Waals surface area contributed by atoms with Gasteiger partial charge in [-0.2, -0.15) is 5.10 Å². The van der Waals surface area contributed by atoms with Gasteiger partial charge in [-0.3, -0.25) is 4.79 Å². The molecule has 0 spiro atoms. The lowest BCUT2D eigenvalue weighted by Crippen LogP contribution is -2.10. The van der Waals surface area contributed by atoms with Crippen molar-refractivity contribution in [2.45, 2.75) is 13.3 Å². The second-order valence-electron chi connectivity index (χ2n) is 3.26. The number of methoxy groups -OCH3 is 1. The van der Waals surface area contributed by atoms with Gasteiger partial charge in [0.25, 0.3) is 5.56 Å². The van der Waals surface area contributed by atoms with Crippen LogP contribution in [-0.2, 0) is 6.42 Å². The number of fused-ring (bicyclic) bond motifs is 1. The van der Waals surface area contributed by atoms with E-state index in [9.17, 15) is 4.79 Å². The van der Waals surface area contributed by atoms with Gasteiger partial charge in [-0.15, -0.1) is 0 Å². The molecule has 4 heteroatoms. The van der Waals surface area contributed by atoms with Gasteiger partial charge in [-0.1, -0.05) is 6.92 Å². The van der Waals surface area contributed by atoms with Crippen molar-refractivity contribution in [3.63, 3.8) is 0 Å². The van der Waals surface area contributed by atoms with Crippen LogP contribution in [-0.4, -0.2) is 17.3 Å². The van der Waals surface area contributed by atoms with E-state index in [0.29, 0.717) is 5.39 Å². The number of hydrogen-bond donors (Lipinski definition) is 1. The van der Waals surface area contributed by atoms with Crippen molar-refractivity contribution in [2.75, 3.05) is 7.11 Å². The molecule has 1 aromatic heterocycles. The van der Waals surface area contributed by atoms with Crippen LogP contribution in [0.5, 0.6) is 5.75 Å². The molecule has 2 aromatic rings. The molecule has 0 bridgehead atoms. The van der Waals surface area contributed by atoms with Crippen molar-refractivity contribution in [3.05, 3.63) is 34.2 Å². The Morgan fingerprint density at radius 2 is 2.20 bits per heavy atom. The predicted octanol–water partition coefficient (Wildman–Crippen LogP) is 1.49. The Bertz CT molecular complexity index is 546. The zero-order valence-electron chi connectivity index (χ0n) is 8.70. The number of rotatable bonds is 2. The Kier molecular flexibility index (Phi) is 2.41. The van der Waals surface area contributed by atoms with Crippen LogP contribution in [0.4, 0.5) is 0 Å². The summed E-state index contributed by atoms with van der Waals surface area (Å²) in [6.45, 7) is 2.00. The smallest absolute Gasteiger partial charge is 0.272 e. The molecule has 1 aromatic carbocycles. The number of aryl methyl sites for hydroxylation is 1. The average Bonchev–Trinajstić information content (AvgIpc) is 2.29. The first kappa shape index (κ1) is 9.71. The fourth-order valence-corrected chi connectivity index (χ4v) is 1.60. The van der Waals surface area contributed by atoms with E-state index in [4.69, 9.17) is 4.74 Å². The molecule has 0 aliphatic rings. The van der Waals surface area contributed by atoms with E-state index in [1.54, 1.807) is 19.2 Å². The topological polar surface area (TPSA) is 55.0 Å². The van der Waals surface area contributed by atoms with Gasteiger partial charge in [0, 0.05) is 5.39 Å². The number of hydrogen-bond acceptors (Lipinski definition) is 3. The predicted molar refractivity (Wildman–Crippen MR) is 58.3 cm³/mol. The van der Waals surface area contributed by atoms with Gasteiger partial charge >= 0.3 is 0 Å². The lowest BCUT2D eigenvalue weighted by Gasteiger charge is -2.04. The summed E-state index contributed by atoms with van der Waals surface area (Å²) in [7, 11) is 1.60. The average molecular weight is 204 g/mol. The third kappa shape index (κ3) is 1.58. The Hall–Kier alpha value is -1.84. The summed E-state index contributed by atoms with van der Waals surface area (Å²) >= 11 is 0. The van der Waals surface area contributed by atoms with Crippen molar-refractivity contribution < 1.29 is 4.74 Å². The number of benzene rings is 1. The van der Waals surface area contributed by atoms with Crippen LogP contribution in [0.3, 0.4) is 0 Å². The molecule has 78 valence electrons. The largest absolute Gasteiger partial charge is 0.497 e. The number of nitrogens with one attached hydrogen (secondary N) is 1. The van der Waals surface area contributed by atoms with E-state index in [1.165, 1.54) is 0 Å². The van der Waals surface area contributed by atoms with Gasteiger partial charge in [0.15, 0.2) is 0 Å². The molecule has 0 saturated heterocycles. The third-order valence-corrected chi connectivity index (χ3v) is 2.41. The number of H-pyrrole nitrogens is 1. The highest BCUT2D eigenvalue weighted by atomic mass is 16.5. The van der Waals surface area contributed by atoms with Gasteiger partial charge in [0.05, 0.1) is 18.2 Å². The summed E-state index contributed by atoms with van der Waals surface area (Å²) < 4.78 is 5.12. The second kappa shape index (κ2) is 3.73. The Labute approximate surface area is 86.9 Å². The van der Waals surface area contributed by atoms with Crippen LogP contribution < -0.4 is 10.3 Å². The quantitative estimate of drug-likeness (QED) is 0.806. The van der Waals surface area contributed by atoms with Crippen molar-refractivity contribution in [1.29, 1.82) is 0 Å². The van der Waals surface area contributed by atoms with Gasteiger partial charge in [-0.25, -0.2) is 5.10 Å². The lowest BCUT2D eigenvalue weighted by atomic mass is 10.1. The highest BCUT2D eigenvalue weighted by Gasteiger charge is 2.05. The Morgan fingerprint density at radius 3 is 2.87 bits per heavy atom. The number of nitrogens with zero attached hydrogens (tertiary/aromatic N) is 1. The highest BCUT2D eigenvalue weighted by Crippen LogP contribution is 2.20. The number of aromatic nitrogens is 2. The Balaban J connectivity index is 2.83. The lowest BCUT2D eigenvalue weighted by molar-refractivity contribution is 0.415. The molecular formula is C11H12N2O2. The molecule has 4 nitrogen and oxygen atoms in total. The van der Waals surface area contributed by atoms with Crippen molar-refractivity contribution in [1.82, 2.24) is 10.2 Å². The fourth-order valence-electron chi connectivity index (χ4n) is 1.60. The van der Waals surface area contributed by atoms with Gasteiger partial charge < -0.3 is 4.74 Å². The normalized spacial score (nSPS) is 10.5. The maximum absolute atomic E-state index is 11.5. The molecule has 0 fully saturated rings. The van der Waals surface area contributed by atoms with Crippen LogP contribution in [0, 0.1) is 0 Å². The SMILES string of the molecule is CCc1n[nH]c(=O)c2ccc(OC)cc12. The fraction of sp³-hybridized carbons (Fsp3) is 0.273. The van der Waals surface area contributed by atoms with E-state index in [1.807, 2.05) is 13.0 Å². The van der Waals surface area contributed by atoms with Crippen LogP contribution in [0.25, 0.3) is 10.8 Å². The summed E-state index contributed by atoms with van der Waals surface area (Å²) in [5, 5.41) is 8.01. The Morgan fingerprint density at radius 1 is 1.40 bits per heavy atom. The zero-order valence-corrected chi connectivity index (χ0v) is 8.70. The number of ether oxygens (including phenoxy) is 1. The van der Waals surface area contributed by atoms with Crippen LogP contribution >= 0.6 is 0 Å². The molecule has 0 radical (unpaired) electrons. The minimum atomic E-state index is -0.162. The van der Waals surface area contributed by atoms with E-state index < -0.39 is 0 Å². The van der Waals surface area contributed by atoms with Gasteiger partial charge in [0.2, 0.25) is 0 Å². The molecule has 15 heavy (non-hydrogen) atoms. The highest BCUT2D eigenvalue weighted by molar-refractivity contribution is 5.84. The zero-order chi connectivity index (χ0) is 10.8. The standard InChI is InChI=1S/C11H12N2O2/c1-3-10-9-6-7(15-2)4-5-8(9)11(14)13-12-10/h4-6H,3H2,1-2H3,(H,13,14). The van der Waals surface area contributed by atoms with E-state index in [-0.39, 0.29) is 5.56 Å². The van der Waals surface area contributed by atoms with E-state index in [2.05, 4.69) is 10.2 Å². The molecule has 0 aliphatic heterocycles. The van der Waals surface area contributed by atoms with E-state index >= 15 is 0 Å². The monoisotopic (exact) mass is 204 g/mol. The minimum Gasteiger partial charge on any atom is -0.497 e. The molecule has 0 atom stereocenters. The summed E-state index contributed by atoms with van der Waals surface area (Å²) in [5.74, 6) is 0.740. The first-order valence-electron chi connectivity index (χ1n) is 4.81. The van der Waals surface area contributed by atoms with Gasteiger partial charge in [0.1, 0.15) is 5.75 Å². The molecule has 0 aliphatic carbocycles. The van der Waals surface area contributed by atoms with E-state index in [0.717, 1.165) is 23.3 Å². The minimum absolute atomic E-state index is 0.162. The van der Waals surface area contributed by atoms with Crippen molar-refractivity contribution in [3.8, 4) is 5.75 Å². The number of aromatic amines is 1. The molecule has 0 amide bonds. The van der Waals surface area contributed by atoms with Crippen molar-refractivity contribution in [2.24, 2.45) is 0 Å². The maximum atomic E-state index is 11.5. The summed E-state index contributed by atoms with van der Waals surface area (Å²) in [6.07, 6.45) is 0.778. The summed E-state index contributed by atoms with van der Waals surface area (Å²) in [5.41, 5.74) is 0.716. The maximum Gasteiger partial charge on any atom is 0.272 e. The molecule has 1 heterocycles. The third-order valence-electron chi connectivity index (χ3n) is 2.41. The summed E-state index contributed by atoms with van der Waals surface area (Å²) in [4.78, 5) is 11.5. The second-order valence-corrected chi connectivity index (χ2v) is 3.26. The van der Waals surface area contributed by atoms with Crippen LogP contribution in [0.15, 0.2) is 23.0 Å². The van der Waals surface area contributed by atoms with Crippen molar-refractivity contribution >= 4 is 10.8 Å². The summed E-state index contributed by atoms with van der Waals surface area (Å²) in [6, 6.07) is 5.38. The van der Waals surface area contributed by atoms with Crippen LogP contribution in [0.1, 0.15) is 12.6 Å². The molecule has 1 N–H and O–H groups in total. The first-order valence-corrected chi connectivity index (χ1v) is 4.81. The molecule has 0 unspecified atom stereocenters. The molecule has 0 saturated carbocycles. The van der Waals surface area contributed by atoms with Gasteiger partial charge in [-0.05, 0) is 24.6 Å². The molecular weight excluding hydrogens is 192 g/mol. The molecule has 2 rings (SSSR count).